The highest BCUT2D eigenvalue weighted by molar-refractivity contribution is 6.07. The van der Waals surface area contributed by atoms with Crippen molar-refractivity contribution in [3.05, 3.63) is 54.6 Å². The van der Waals surface area contributed by atoms with Gasteiger partial charge < -0.3 is 21.3 Å². The van der Waals surface area contributed by atoms with Gasteiger partial charge in [0.05, 0.1) is 5.69 Å². The Kier molecular flexibility index (Phi) is 2.84. The quantitative estimate of drug-likeness (QED) is 0.325. The Labute approximate surface area is 116 Å². The van der Waals surface area contributed by atoms with Crippen LogP contribution in [0.5, 0.6) is 11.5 Å². The van der Waals surface area contributed by atoms with Crippen LogP contribution < -0.4 is 11.1 Å². The maximum Gasteiger partial charge on any atom is 0.183 e. The average Bonchev–Trinajstić information content (AvgIpc) is 2.50. The Balaban J connectivity index is 2.24. The van der Waals surface area contributed by atoms with Gasteiger partial charge >= 0.3 is 0 Å². The van der Waals surface area contributed by atoms with Gasteiger partial charge in [0.2, 0.25) is 0 Å². The summed E-state index contributed by atoms with van der Waals surface area (Å²) in [5, 5.41) is 24.4. The molecule has 0 atom stereocenters. The molecule has 0 saturated heterocycles. The fourth-order valence-corrected chi connectivity index (χ4v) is 2.23. The third-order valence-corrected chi connectivity index (χ3v) is 3.24. The van der Waals surface area contributed by atoms with Gasteiger partial charge in [0.1, 0.15) is 5.69 Å². The molecule has 0 saturated carbocycles. The average molecular weight is 266 g/mol. The zero-order valence-corrected chi connectivity index (χ0v) is 10.7. The van der Waals surface area contributed by atoms with E-state index in [2.05, 4.69) is 5.32 Å². The Bertz CT molecular complexity index is 770. The molecule has 0 amide bonds. The van der Waals surface area contributed by atoms with Crippen LogP contribution in [0.1, 0.15) is 0 Å². The zero-order valence-electron chi connectivity index (χ0n) is 10.7. The van der Waals surface area contributed by atoms with E-state index in [1.165, 1.54) is 0 Å². The summed E-state index contributed by atoms with van der Waals surface area (Å²) in [5.41, 5.74) is 7.50. The van der Waals surface area contributed by atoms with Crippen LogP contribution in [0.2, 0.25) is 0 Å². The summed E-state index contributed by atoms with van der Waals surface area (Å²) < 4.78 is 0. The number of benzene rings is 3. The second kappa shape index (κ2) is 4.66. The van der Waals surface area contributed by atoms with Crippen LogP contribution >= 0.6 is 0 Å². The number of nitrogens with one attached hydrogen (secondary N) is 1. The van der Waals surface area contributed by atoms with Crippen LogP contribution in [-0.2, 0) is 0 Å². The SMILES string of the molecule is Nc1c(O)c(O)c2ccccc2c1Nc1ccccc1. The van der Waals surface area contributed by atoms with Crippen molar-refractivity contribution in [2.24, 2.45) is 0 Å². The third-order valence-electron chi connectivity index (χ3n) is 3.24. The maximum atomic E-state index is 9.97. The minimum Gasteiger partial charge on any atom is -0.504 e. The second-order valence-electron chi connectivity index (χ2n) is 4.52. The lowest BCUT2D eigenvalue weighted by atomic mass is 10.0. The topological polar surface area (TPSA) is 78.5 Å². The lowest BCUT2D eigenvalue weighted by Gasteiger charge is -2.15. The Morgan fingerprint density at radius 1 is 0.750 bits per heavy atom. The molecule has 0 bridgehead atoms. The second-order valence-corrected chi connectivity index (χ2v) is 4.52. The van der Waals surface area contributed by atoms with E-state index in [1.54, 1.807) is 12.1 Å². The van der Waals surface area contributed by atoms with Crippen molar-refractivity contribution in [3.63, 3.8) is 0 Å². The van der Waals surface area contributed by atoms with Gasteiger partial charge in [-0.15, -0.1) is 0 Å². The van der Waals surface area contributed by atoms with Crippen LogP contribution in [0.25, 0.3) is 10.8 Å². The number of rotatable bonds is 2. The van der Waals surface area contributed by atoms with Gasteiger partial charge in [0.25, 0.3) is 0 Å². The predicted octanol–water partition coefficient (Wildman–Crippen LogP) is 3.58. The molecule has 0 aliphatic rings. The van der Waals surface area contributed by atoms with Crippen LogP contribution in [0.15, 0.2) is 54.6 Å². The monoisotopic (exact) mass is 266 g/mol. The number of aromatic hydroxyl groups is 2. The smallest absolute Gasteiger partial charge is 0.183 e. The van der Waals surface area contributed by atoms with Gasteiger partial charge in [-0.3, -0.25) is 0 Å². The van der Waals surface area contributed by atoms with Crippen LogP contribution in [0.4, 0.5) is 17.1 Å². The number of phenols is 2. The molecular formula is C16H14N2O2. The number of hydrogen-bond donors (Lipinski definition) is 4. The first-order chi connectivity index (χ1) is 9.68. The first-order valence-electron chi connectivity index (χ1n) is 6.22. The van der Waals surface area contributed by atoms with E-state index >= 15 is 0 Å². The van der Waals surface area contributed by atoms with Gasteiger partial charge in [-0.1, -0.05) is 42.5 Å². The third kappa shape index (κ3) is 1.87. The summed E-state index contributed by atoms with van der Waals surface area (Å²) in [4.78, 5) is 0. The molecule has 100 valence electrons. The molecule has 0 aromatic heterocycles. The summed E-state index contributed by atoms with van der Waals surface area (Å²) in [6, 6.07) is 16.8. The molecule has 0 radical (unpaired) electrons. The Hall–Kier alpha value is -2.88. The Morgan fingerprint density at radius 3 is 2.05 bits per heavy atom. The van der Waals surface area contributed by atoms with Gasteiger partial charge in [-0.05, 0) is 12.1 Å². The highest BCUT2D eigenvalue weighted by Gasteiger charge is 2.16. The summed E-state index contributed by atoms with van der Waals surface area (Å²) in [7, 11) is 0. The molecule has 20 heavy (non-hydrogen) atoms. The van der Waals surface area contributed by atoms with Crippen molar-refractivity contribution >= 4 is 27.8 Å². The molecule has 3 aromatic carbocycles. The van der Waals surface area contributed by atoms with E-state index in [0.29, 0.717) is 11.1 Å². The molecule has 3 aromatic rings. The van der Waals surface area contributed by atoms with Crippen molar-refractivity contribution in [1.29, 1.82) is 0 Å². The van der Waals surface area contributed by atoms with Crippen molar-refractivity contribution in [3.8, 4) is 11.5 Å². The zero-order chi connectivity index (χ0) is 14.1. The summed E-state index contributed by atoms with van der Waals surface area (Å²) in [6.45, 7) is 0. The summed E-state index contributed by atoms with van der Waals surface area (Å²) >= 11 is 0. The largest absolute Gasteiger partial charge is 0.504 e. The number of para-hydroxylation sites is 1. The summed E-state index contributed by atoms with van der Waals surface area (Å²) in [5.74, 6) is -0.501. The summed E-state index contributed by atoms with van der Waals surface area (Å²) in [6.07, 6.45) is 0. The molecule has 0 heterocycles. The number of anilines is 3. The molecule has 4 nitrogen and oxygen atoms in total. The molecule has 5 N–H and O–H groups in total. The Morgan fingerprint density at radius 2 is 1.35 bits per heavy atom. The van der Waals surface area contributed by atoms with E-state index in [-0.39, 0.29) is 17.2 Å². The van der Waals surface area contributed by atoms with Crippen molar-refractivity contribution < 1.29 is 10.2 Å². The number of phenolic OH excluding ortho intramolecular Hbond substituents is 2. The molecular weight excluding hydrogens is 252 g/mol. The molecule has 0 aliphatic carbocycles. The molecule has 0 fully saturated rings. The number of fused-ring (bicyclic) bond motifs is 1. The van der Waals surface area contributed by atoms with Gasteiger partial charge in [0, 0.05) is 16.5 Å². The normalized spacial score (nSPS) is 10.6. The van der Waals surface area contributed by atoms with E-state index in [9.17, 15) is 10.2 Å². The van der Waals surface area contributed by atoms with E-state index in [1.807, 2.05) is 42.5 Å². The van der Waals surface area contributed by atoms with Crippen molar-refractivity contribution in [1.82, 2.24) is 0 Å². The fourth-order valence-electron chi connectivity index (χ4n) is 2.23. The van der Waals surface area contributed by atoms with Crippen molar-refractivity contribution in [2.45, 2.75) is 0 Å². The number of nitrogen functional groups attached to an aromatic ring is 1. The predicted molar refractivity (Wildman–Crippen MR) is 81.4 cm³/mol. The van der Waals surface area contributed by atoms with E-state index in [0.717, 1.165) is 11.1 Å². The molecule has 0 unspecified atom stereocenters. The van der Waals surface area contributed by atoms with Gasteiger partial charge in [-0.2, -0.15) is 0 Å². The van der Waals surface area contributed by atoms with Gasteiger partial charge in [0.15, 0.2) is 11.5 Å². The molecule has 0 aliphatic heterocycles. The molecule has 4 heteroatoms. The maximum absolute atomic E-state index is 9.97. The lowest BCUT2D eigenvalue weighted by molar-refractivity contribution is 0.410. The van der Waals surface area contributed by atoms with E-state index in [4.69, 9.17) is 5.73 Å². The first-order valence-corrected chi connectivity index (χ1v) is 6.22. The van der Waals surface area contributed by atoms with Crippen LogP contribution in [0.3, 0.4) is 0 Å². The fraction of sp³-hybridized carbons (Fsp3) is 0. The van der Waals surface area contributed by atoms with Crippen LogP contribution in [-0.4, -0.2) is 10.2 Å². The lowest BCUT2D eigenvalue weighted by Crippen LogP contribution is -1.98. The first kappa shape index (κ1) is 12.2. The molecule has 3 rings (SSSR count). The van der Waals surface area contributed by atoms with Crippen LogP contribution in [0, 0.1) is 0 Å². The highest BCUT2D eigenvalue weighted by Crippen LogP contribution is 2.45. The number of nitrogens with two attached hydrogens (primary N) is 1. The van der Waals surface area contributed by atoms with Crippen molar-refractivity contribution in [2.75, 3.05) is 11.1 Å². The minimum absolute atomic E-state index is 0.130. The van der Waals surface area contributed by atoms with E-state index < -0.39 is 0 Å². The minimum atomic E-state index is -0.304. The molecule has 0 spiro atoms. The standard InChI is InChI=1S/C16H14N2O2/c17-13-14(18-10-6-2-1-3-7-10)11-8-4-5-9-12(11)15(19)16(13)20/h1-9,18-20H,17H2. The highest BCUT2D eigenvalue weighted by atomic mass is 16.3. The number of hydrogen-bond acceptors (Lipinski definition) is 4. The van der Waals surface area contributed by atoms with Gasteiger partial charge in [-0.25, -0.2) is 0 Å².